The van der Waals surface area contributed by atoms with Gasteiger partial charge in [0.05, 0.1) is 30.4 Å². The monoisotopic (exact) mass is 407 g/mol. The highest BCUT2D eigenvalue weighted by molar-refractivity contribution is 5.79. The van der Waals surface area contributed by atoms with E-state index in [1.807, 2.05) is 6.07 Å². The van der Waals surface area contributed by atoms with Crippen LogP contribution in [0.5, 0.6) is 0 Å². The van der Waals surface area contributed by atoms with Gasteiger partial charge in [-0.05, 0) is 18.2 Å². The van der Waals surface area contributed by atoms with Crippen molar-refractivity contribution in [2.24, 2.45) is 5.73 Å². The zero-order valence-corrected chi connectivity index (χ0v) is 16.1. The molecule has 2 heterocycles. The van der Waals surface area contributed by atoms with Gasteiger partial charge >= 0.3 is 0 Å². The Balaban J connectivity index is 1.79. The lowest BCUT2D eigenvalue weighted by atomic mass is 9.99. The zero-order chi connectivity index (χ0) is 21.3. The molecule has 2 aromatic carbocycles. The number of carbonyl (C=O) groups excluding carboxylic acids is 1. The number of carbonyl (C=O) groups is 1. The second kappa shape index (κ2) is 8.05. The van der Waals surface area contributed by atoms with Crippen LogP contribution in [0.2, 0.25) is 0 Å². The van der Waals surface area contributed by atoms with Crippen molar-refractivity contribution in [2.75, 3.05) is 13.1 Å². The first-order valence-electron chi connectivity index (χ1n) is 9.51. The summed E-state index contributed by atoms with van der Waals surface area (Å²) < 4.78 is 29.2. The Labute approximate surface area is 172 Å². The summed E-state index contributed by atoms with van der Waals surface area (Å²) in [7, 11) is 0. The molecule has 1 aliphatic heterocycles. The number of nitrogens with zero attached hydrogens (tertiary/aromatic N) is 4. The number of amides is 1. The minimum Gasteiger partial charge on any atom is -0.337 e. The largest absolute Gasteiger partial charge is 0.337 e. The molecule has 3 aromatic rings. The number of nitriles is 1. The lowest BCUT2D eigenvalue weighted by molar-refractivity contribution is -0.130. The summed E-state index contributed by atoms with van der Waals surface area (Å²) in [6.45, 7) is 0.877. The van der Waals surface area contributed by atoms with E-state index < -0.39 is 11.6 Å². The van der Waals surface area contributed by atoms with Crippen molar-refractivity contribution in [3.8, 4) is 17.3 Å². The van der Waals surface area contributed by atoms with Crippen molar-refractivity contribution in [3.05, 3.63) is 76.5 Å². The van der Waals surface area contributed by atoms with E-state index in [9.17, 15) is 18.8 Å². The predicted octanol–water partition coefficient (Wildman–Crippen LogP) is 2.59. The van der Waals surface area contributed by atoms with E-state index in [-0.39, 0.29) is 19.0 Å². The van der Waals surface area contributed by atoms with Gasteiger partial charge in [0.1, 0.15) is 11.6 Å². The molecule has 1 aliphatic rings. The molecule has 0 saturated carbocycles. The van der Waals surface area contributed by atoms with E-state index in [1.165, 1.54) is 12.1 Å². The smallest absolute Gasteiger partial charge is 0.236 e. The number of benzene rings is 2. The fourth-order valence-corrected chi connectivity index (χ4v) is 3.74. The van der Waals surface area contributed by atoms with Crippen LogP contribution < -0.4 is 5.73 Å². The summed E-state index contributed by atoms with van der Waals surface area (Å²) in [5.41, 5.74) is 9.45. The molecule has 0 bridgehead atoms. The van der Waals surface area contributed by atoms with E-state index in [2.05, 4.69) is 6.07 Å². The second-order valence-electron chi connectivity index (χ2n) is 7.13. The molecule has 0 radical (unpaired) electrons. The molecule has 2 N–H and O–H groups in total. The summed E-state index contributed by atoms with van der Waals surface area (Å²) in [5, 5.41) is 13.9. The van der Waals surface area contributed by atoms with E-state index in [0.29, 0.717) is 36.3 Å². The summed E-state index contributed by atoms with van der Waals surface area (Å²) in [6, 6.07) is 12.6. The molecule has 152 valence electrons. The molecule has 0 aliphatic carbocycles. The minimum absolute atomic E-state index is 0.0798. The maximum atomic E-state index is 14.2. The maximum absolute atomic E-state index is 14.2. The van der Waals surface area contributed by atoms with Gasteiger partial charge in [-0.1, -0.05) is 18.2 Å². The molecule has 1 aromatic heterocycles. The molecular weight excluding hydrogens is 388 g/mol. The molecule has 6 nitrogen and oxygen atoms in total. The van der Waals surface area contributed by atoms with Crippen LogP contribution in [0.25, 0.3) is 11.3 Å². The van der Waals surface area contributed by atoms with Crippen LogP contribution in [-0.2, 0) is 24.3 Å². The third-order valence-corrected chi connectivity index (χ3v) is 5.26. The summed E-state index contributed by atoms with van der Waals surface area (Å²) in [4.78, 5) is 13.8. The number of aromatic nitrogens is 2. The Morgan fingerprint density at radius 1 is 1.23 bits per heavy atom. The van der Waals surface area contributed by atoms with E-state index in [0.717, 1.165) is 22.9 Å². The normalized spacial score (nSPS) is 13.1. The van der Waals surface area contributed by atoms with Crippen LogP contribution in [0.1, 0.15) is 22.4 Å². The Morgan fingerprint density at radius 2 is 2.07 bits per heavy atom. The SMILES string of the molecule is N#Cc1cccc(-c2nn(Cc3ccc(F)cc3F)c3c2CN(C(=O)CN)CC3)c1. The highest BCUT2D eigenvalue weighted by Gasteiger charge is 2.28. The Hall–Kier alpha value is -3.57. The van der Waals surface area contributed by atoms with Crippen LogP contribution in [0.4, 0.5) is 8.78 Å². The van der Waals surface area contributed by atoms with Crippen LogP contribution >= 0.6 is 0 Å². The molecule has 0 atom stereocenters. The highest BCUT2D eigenvalue weighted by Crippen LogP contribution is 2.31. The molecule has 0 saturated heterocycles. The number of rotatable bonds is 4. The van der Waals surface area contributed by atoms with E-state index in [1.54, 1.807) is 27.8 Å². The number of halogens is 2. The third kappa shape index (κ3) is 3.67. The summed E-state index contributed by atoms with van der Waals surface area (Å²) in [6.07, 6.45) is 0.537. The standard InChI is InChI=1S/C22H19F2N5O/c23-17-5-4-16(19(24)9-17)12-29-20-6-7-28(21(30)11-26)13-18(20)22(27-29)15-3-1-2-14(8-15)10-25/h1-5,8-9H,6-7,11-13,26H2. The second-order valence-corrected chi connectivity index (χ2v) is 7.13. The van der Waals surface area contributed by atoms with Crippen molar-refractivity contribution >= 4 is 5.91 Å². The zero-order valence-electron chi connectivity index (χ0n) is 16.1. The predicted molar refractivity (Wildman–Crippen MR) is 106 cm³/mol. The van der Waals surface area contributed by atoms with Crippen molar-refractivity contribution in [1.82, 2.24) is 14.7 Å². The van der Waals surface area contributed by atoms with Gasteiger partial charge in [0.2, 0.25) is 5.91 Å². The number of hydrogen-bond donors (Lipinski definition) is 1. The molecule has 30 heavy (non-hydrogen) atoms. The molecule has 8 heteroatoms. The number of nitrogens with two attached hydrogens (primary N) is 1. The first-order valence-corrected chi connectivity index (χ1v) is 9.51. The quantitative estimate of drug-likeness (QED) is 0.720. The third-order valence-electron chi connectivity index (χ3n) is 5.26. The number of fused-ring (bicyclic) bond motifs is 1. The van der Waals surface area contributed by atoms with Gasteiger partial charge in [-0.15, -0.1) is 0 Å². The van der Waals surface area contributed by atoms with Gasteiger partial charge < -0.3 is 10.6 Å². The first kappa shape index (κ1) is 19.7. The first-order chi connectivity index (χ1) is 14.5. The maximum Gasteiger partial charge on any atom is 0.236 e. The topological polar surface area (TPSA) is 87.9 Å². The lowest BCUT2D eigenvalue weighted by Crippen LogP contribution is -2.40. The van der Waals surface area contributed by atoms with Gasteiger partial charge in [-0.3, -0.25) is 9.48 Å². The fourth-order valence-electron chi connectivity index (χ4n) is 3.74. The van der Waals surface area contributed by atoms with Gasteiger partial charge in [0, 0.05) is 48.0 Å². The average Bonchev–Trinajstić information content (AvgIpc) is 3.12. The van der Waals surface area contributed by atoms with Crippen molar-refractivity contribution in [1.29, 1.82) is 5.26 Å². The summed E-state index contributed by atoms with van der Waals surface area (Å²) >= 11 is 0. The molecule has 1 amide bonds. The fraction of sp³-hybridized carbons (Fsp3) is 0.227. The average molecular weight is 407 g/mol. The van der Waals surface area contributed by atoms with Crippen LogP contribution in [0.3, 0.4) is 0 Å². The Bertz CT molecular complexity index is 1160. The molecule has 4 rings (SSSR count). The van der Waals surface area contributed by atoms with Gasteiger partial charge in [0.15, 0.2) is 0 Å². The van der Waals surface area contributed by atoms with Crippen LogP contribution in [0.15, 0.2) is 42.5 Å². The van der Waals surface area contributed by atoms with Crippen molar-refractivity contribution in [3.63, 3.8) is 0 Å². The summed E-state index contributed by atoms with van der Waals surface area (Å²) in [5.74, 6) is -1.43. The molecule has 0 spiro atoms. The van der Waals surface area contributed by atoms with Crippen LogP contribution in [0, 0.1) is 23.0 Å². The van der Waals surface area contributed by atoms with E-state index >= 15 is 0 Å². The molecular formula is C22H19F2N5O. The van der Waals surface area contributed by atoms with Gasteiger partial charge in [0.25, 0.3) is 0 Å². The Kier molecular flexibility index (Phi) is 5.29. The Morgan fingerprint density at radius 3 is 2.80 bits per heavy atom. The van der Waals surface area contributed by atoms with Crippen LogP contribution in [-0.4, -0.2) is 33.7 Å². The molecule has 0 fully saturated rings. The lowest BCUT2D eigenvalue weighted by Gasteiger charge is -2.27. The van der Waals surface area contributed by atoms with Gasteiger partial charge in [-0.25, -0.2) is 8.78 Å². The highest BCUT2D eigenvalue weighted by atomic mass is 19.1. The molecule has 0 unspecified atom stereocenters. The number of hydrogen-bond acceptors (Lipinski definition) is 4. The van der Waals surface area contributed by atoms with Gasteiger partial charge in [-0.2, -0.15) is 10.4 Å². The minimum atomic E-state index is -0.636. The van der Waals surface area contributed by atoms with Crippen molar-refractivity contribution in [2.45, 2.75) is 19.5 Å². The van der Waals surface area contributed by atoms with Crippen molar-refractivity contribution < 1.29 is 13.6 Å². The van der Waals surface area contributed by atoms with E-state index in [4.69, 9.17) is 10.8 Å².